The first-order chi connectivity index (χ1) is 12.0. The monoisotopic (exact) mass is 472 g/mol. The van der Waals surface area contributed by atoms with Crippen molar-refractivity contribution in [2.45, 2.75) is 24.2 Å². The molecule has 0 aromatic heterocycles. The van der Waals surface area contributed by atoms with E-state index in [-0.39, 0.29) is 4.90 Å². The normalized spacial score (nSPS) is 18.2. The van der Waals surface area contributed by atoms with Crippen molar-refractivity contribution < 1.29 is 12.7 Å². The Morgan fingerprint density at radius 1 is 1.00 bits per heavy atom. The van der Waals surface area contributed by atoms with E-state index in [1.807, 2.05) is 6.07 Å². The van der Waals surface area contributed by atoms with E-state index in [9.17, 15) is 18.5 Å². The molecule has 1 fully saturated rings. The van der Waals surface area contributed by atoms with E-state index < -0.39 is 34.2 Å². The first-order valence-electron chi connectivity index (χ1n) is 7.76. The van der Waals surface area contributed by atoms with Crippen LogP contribution >= 0.6 is 19.8 Å². The van der Waals surface area contributed by atoms with Crippen LogP contribution in [0.4, 0.5) is 5.69 Å². The Morgan fingerprint density at radius 3 is 2.32 bits per heavy atom. The Morgan fingerprint density at radius 2 is 1.68 bits per heavy atom. The molecule has 0 N–H and O–H groups in total. The second-order valence-corrected chi connectivity index (χ2v) is 12.8. The molecule has 3 rings (SSSR count). The van der Waals surface area contributed by atoms with Gasteiger partial charge in [-0.2, -0.15) is 0 Å². The Hall–Kier alpha value is -1.81. The zero-order valence-electron chi connectivity index (χ0n) is 13.3. The number of benzene rings is 2. The summed E-state index contributed by atoms with van der Waals surface area (Å²) in [7, 11) is -4.50. The van der Waals surface area contributed by atoms with Gasteiger partial charge in [0, 0.05) is 0 Å². The van der Waals surface area contributed by atoms with Gasteiger partial charge in [0.05, 0.1) is 0 Å². The molecule has 0 atom stereocenters. The molecule has 0 amide bonds. The van der Waals surface area contributed by atoms with Crippen molar-refractivity contribution in [3.05, 3.63) is 68.3 Å². The summed E-state index contributed by atoms with van der Waals surface area (Å²) < 4.78 is 25.6. The van der Waals surface area contributed by atoms with E-state index in [0.29, 0.717) is 5.69 Å². The average Bonchev–Trinajstić information content (AvgIpc) is 2.63. The molecular formula is C17H17IN2O4S. The fourth-order valence-corrected chi connectivity index (χ4v) is 9.35. The van der Waals surface area contributed by atoms with Crippen LogP contribution in [0.5, 0.6) is 0 Å². The summed E-state index contributed by atoms with van der Waals surface area (Å²) in [5, 5.41) is 10.6. The molecular weight excluding hydrogens is 455 g/mol. The molecule has 2 aromatic carbocycles. The summed E-state index contributed by atoms with van der Waals surface area (Å²) in [6.45, 7) is 0. The van der Waals surface area contributed by atoms with Crippen molar-refractivity contribution in [2.24, 2.45) is 4.99 Å². The molecule has 0 radical (unpaired) electrons. The molecule has 0 aliphatic carbocycles. The minimum absolute atomic E-state index is 0.316. The SMILES string of the molecule is O=[N+]([O-])S(=O)(=O)c1ccc(N=C2CCCCI2c2ccccc2)cc1. The first-order valence-corrected chi connectivity index (χ1v) is 12.9. The van der Waals surface area contributed by atoms with E-state index in [0.717, 1.165) is 12.8 Å². The van der Waals surface area contributed by atoms with Crippen molar-refractivity contribution in [1.29, 1.82) is 0 Å². The van der Waals surface area contributed by atoms with Gasteiger partial charge in [0.1, 0.15) is 0 Å². The van der Waals surface area contributed by atoms with E-state index in [1.165, 1.54) is 42.4 Å². The number of nitrogens with zero attached hydrogens (tertiary/aromatic N) is 2. The standard InChI is InChI=1S/C17H17IN2O4S/c21-20(22)25(23,24)16-11-9-15(10-12-16)19-17-8-4-5-13-18(17)14-6-2-1-3-7-14/h1-3,6-7,9-12H,4-5,8,13H2. The molecule has 25 heavy (non-hydrogen) atoms. The van der Waals surface area contributed by atoms with Crippen LogP contribution in [0, 0.1) is 13.7 Å². The minimum atomic E-state index is -4.50. The molecule has 0 unspecified atom stereocenters. The number of hydrogen-bond donors (Lipinski definition) is 0. The molecule has 1 heterocycles. The van der Waals surface area contributed by atoms with Gasteiger partial charge in [0.2, 0.25) is 0 Å². The van der Waals surface area contributed by atoms with Crippen LogP contribution in [0.15, 0.2) is 64.5 Å². The number of hydrogen-bond acceptors (Lipinski definition) is 5. The van der Waals surface area contributed by atoms with Gasteiger partial charge >= 0.3 is 154 Å². The van der Waals surface area contributed by atoms with Crippen molar-refractivity contribution in [2.75, 3.05) is 4.43 Å². The predicted molar refractivity (Wildman–Crippen MR) is 106 cm³/mol. The summed E-state index contributed by atoms with van der Waals surface area (Å²) in [5.41, 5.74) is 0.650. The molecule has 1 aliphatic rings. The zero-order chi connectivity index (χ0) is 17.9. The second kappa shape index (κ2) is 7.61. The molecule has 0 bridgehead atoms. The average molecular weight is 472 g/mol. The molecule has 132 valence electrons. The summed E-state index contributed by atoms with van der Waals surface area (Å²) in [6, 6.07) is 16.0. The van der Waals surface area contributed by atoms with Crippen LogP contribution in [0.3, 0.4) is 0 Å². The Labute approximate surface area is 153 Å². The van der Waals surface area contributed by atoms with Gasteiger partial charge in [0.25, 0.3) is 0 Å². The van der Waals surface area contributed by atoms with Crippen LogP contribution in [-0.4, -0.2) is 20.9 Å². The van der Waals surface area contributed by atoms with Crippen molar-refractivity contribution in [3.8, 4) is 0 Å². The van der Waals surface area contributed by atoms with Gasteiger partial charge in [0.15, 0.2) is 0 Å². The van der Waals surface area contributed by atoms with Gasteiger partial charge in [-0.3, -0.25) is 0 Å². The van der Waals surface area contributed by atoms with Gasteiger partial charge in [-0.05, 0) is 0 Å². The van der Waals surface area contributed by atoms with Crippen LogP contribution in [0.2, 0.25) is 0 Å². The van der Waals surface area contributed by atoms with Crippen LogP contribution in [0.1, 0.15) is 19.3 Å². The number of alkyl halides is 1. The molecule has 1 saturated heterocycles. The fraction of sp³-hybridized carbons (Fsp3) is 0.235. The number of aliphatic imine (C=N–C) groups is 1. The number of halogens is 1. The molecule has 0 spiro atoms. The molecule has 6 nitrogen and oxygen atoms in total. The van der Waals surface area contributed by atoms with Crippen LogP contribution < -0.4 is 0 Å². The summed E-state index contributed by atoms with van der Waals surface area (Å²) in [4.78, 5) is 15.1. The zero-order valence-corrected chi connectivity index (χ0v) is 16.3. The topological polar surface area (TPSA) is 89.6 Å². The second-order valence-electron chi connectivity index (χ2n) is 5.48. The van der Waals surface area contributed by atoms with Crippen molar-refractivity contribution in [3.63, 3.8) is 0 Å². The first kappa shape index (κ1) is 18.0. The van der Waals surface area contributed by atoms with E-state index in [1.54, 1.807) is 0 Å². The molecule has 8 heteroatoms. The van der Waals surface area contributed by atoms with Gasteiger partial charge in [-0.1, -0.05) is 0 Å². The van der Waals surface area contributed by atoms with E-state index >= 15 is 0 Å². The van der Waals surface area contributed by atoms with Crippen molar-refractivity contribution in [1.82, 2.24) is 0 Å². The van der Waals surface area contributed by atoms with E-state index in [4.69, 9.17) is 4.99 Å². The maximum absolute atomic E-state index is 11.5. The number of nitro groups is 1. The third kappa shape index (κ3) is 4.06. The summed E-state index contributed by atoms with van der Waals surface area (Å²) in [5.74, 6) is 0. The molecule has 1 aliphatic heterocycles. The van der Waals surface area contributed by atoms with Gasteiger partial charge in [-0.25, -0.2) is 0 Å². The Balaban J connectivity index is 1.89. The molecule has 0 saturated carbocycles. The molecule has 2 aromatic rings. The summed E-state index contributed by atoms with van der Waals surface area (Å²) >= 11 is -1.51. The third-order valence-corrected chi connectivity index (χ3v) is 11.4. The van der Waals surface area contributed by atoms with Crippen molar-refractivity contribution >= 4 is 39.2 Å². The predicted octanol–water partition coefficient (Wildman–Crippen LogP) is 4.24. The number of rotatable bonds is 4. The quantitative estimate of drug-likeness (QED) is 0.288. The third-order valence-electron chi connectivity index (χ3n) is 3.80. The summed E-state index contributed by atoms with van der Waals surface area (Å²) in [6.07, 6.45) is 3.31. The van der Waals surface area contributed by atoms with Crippen LogP contribution in [0.25, 0.3) is 0 Å². The van der Waals surface area contributed by atoms with E-state index in [2.05, 4.69) is 24.3 Å². The fourth-order valence-electron chi connectivity index (χ4n) is 2.55. The Kier molecular flexibility index (Phi) is 5.48. The maximum atomic E-state index is 11.5. The van der Waals surface area contributed by atoms with Gasteiger partial charge < -0.3 is 0 Å². The van der Waals surface area contributed by atoms with Gasteiger partial charge in [-0.15, -0.1) is 0 Å². The number of sulfonamides is 1. The Bertz CT molecular complexity index is 896. The van der Waals surface area contributed by atoms with Crippen LogP contribution in [-0.2, 0) is 10.0 Å².